The number of hydrogen-bond donors (Lipinski definition) is 1. The van der Waals surface area contributed by atoms with E-state index in [0.717, 1.165) is 33.1 Å². The number of amides is 1. The van der Waals surface area contributed by atoms with Gasteiger partial charge in [0.1, 0.15) is 11.5 Å². The number of carbonyl (C=O) groups excluding carboxylic acids is 1. The van der Waals surface area contributed by atoms with Crippen LogP contribution in [-0.4, -0.2) is 10.9 Å². The monoisotopic (exact) mass is 378 g/mol. The number of anilines is 1. The third-order valence-electron chi connectivity index (χ3n) is 4.99. The number of rotatable bonds is 3. The first kappa shape index (κ1) is 17.2. The van der Waals surface area contributed by atoms with E-state index in [1.165, 1.54) is 0 Å². The van der Waals surface area contributed by atoms with E-state index in [1.54, 1.807) is 6.07 Å². The van der Waals surface area contributed by atoms with Crippen molar-refractivity contribution < 1.29 is 9.21 Å². The Bertz CT molecular complexity index is 1360. The summed E-state index contributed by atoms with van der Waals surface area (Å²) in [4.78, 5) is 18.0. The number of fused-ring (bicyclic) bond motifs is 2. The maximum atomic E-state index is 13.3. The topological polar surface area (TPSA) is 55.1 Å². The van der Waals surface area contributed by atoms with Crippen molar-refractivity contribution in [2.45, 2.75) is 6.92 Å². The van der Waals surface area contributed by atoms with Gasteiger partial charge in [-0.1, -0.05) is 54.6 Å². The predicted molar refractivity (Wildman–Crippen MR) is 116 cm³/mol. The lowest BCUT2D eigenvalue weighted by Crippen LogP contribution is -2.13. The maximum Gasteiger partial charge on any atom is 0.256 e. The molecule has 5 rings (SSSR count). The average Bonchev–Trinajstić information content (AvgIpc) is 3.19. The number of aryl methyl sites for hydroxylation is 1. The Morgan fingerprint density at radius 3 is 2.45 bits per heavy atom. The SMILES string of the molecule is Cc1ccc(-c2cc(C(=O)Nc3cccc4ccccc34)c3ccccc3n2)o1. The van der Waals surface area contributed by atoms with Crippen LogP contribution in [0.3, 0.4) is 0 Å². The van der Waals surface area contributed by atoms with Crippen LogP contribution in [0.2, 0.25) is 0 Å². The van der Waals surface area contributed by atoms with Gasteiger partial charge in [-0.05, 0) is 42.6 Å². The van der Waals surface area contributed by atoms with Crippen LogP contribution in [0, 0.1) is 6.92 Å². The Morgan fingerprint density at radius 2 is 1.62 bits per heavy atom. The largest absolute Gasteiger partial charge is 0.460 e. The smallest absolute Gasteiger partial charge is 0.256 e. The molecule has 0 aliphatic heterocycles. The highest BCUT2D eigenvalue weighted by molar-refractivity contribution is 6.15. The minimum absolute atomic E-state index is 0.176. The molecule has 0 spiro atoms. The second-order valence-electron chi connectivity index (χ2n) is 6.96. The van der Waals surface area contributed by atoms with Crippen molar-refractivity contribution in [2.24, 2.45) is 0 Å². The fraction of sp³-hybridized carbons (Fsp3) is 0.0400. The van der Waals surface area contributed by atoms with Gasteiger partial charge in [0, 0.05) is 16.5 Å². The van der Waals surface area contributed by atoms with Crippen LogP contribution in [0.25, 0.3) is 33.1 Å². The summed E-state index contributed by atoms with van der Waals surface area (Å²) in [6, 6.07) is 27.1. The molecule has 0 aliphatic carbocycles. The molecule has 0 saturated carbocycles. The van der Waals surface area contributed by atoms with Crippen LogP contribution >= 0.6 is 0 Å². The summed E-state index contributed by atoms with van der Waals surface area (Å²) in [7, 11) is 0. The van der Waals surface area contributed by atoms with Crippen molar-refractivity contribution in [3.63, 3.8) is 0 Å². The fourth-order valence-corrected chi connectivity index (χ4v) is 3.59. The molecule has 29 heavy (non-hydrogen) atoms. The maximum absolute atomic E-state index is 13.3. The van der Waals surface area contributed by atoms with Crippen molar-refractivity contribution in [1.82, 2.24) is 4.98 Å². The van der Waals surface area contributed by atoms with E-state index in [2.05, 4.69) is 10.3 Å². The quantitative estimate of drug-likeness (QED) is 0.406. The zero-order valence-corrected chi connectivity index (χ0v) is 15.8. The predicted octanol–water partition coefficient (Wildman–Crippen LogP) is 6.21. The molecule has 0 atom stereocenters. The molecule has 0 fully saturated rings. The molecular weight excluding hydrogens is 360 g/mol. The highest BCUT2D eigenvalue weighted by Crippen LogP contribution is 2.28. The first-order valence-corrected chi connectivity index (χ1v) is 9.45. The molecule has 4 heteroatoms. The summed E-state index contributed by atoms with van der Waals surface area (Å²) in [6.45, 7) is 1.89. The Balaban J connectivity index is 1.62. The first-order chi connectivity index (χ1) is 14.2. The highest BCUT2D eigenvalue weighted by Gasteiger charge is 2.16. The van der Waals surface area contributed by atoms with E-state index in [-0.39, 0.29) is 5.91 Å². The fourth-order valence-electron chi connectivity index (χ4n) is 3.59. The van der Waals surface area contributed by atoms with E-state index in [0.29, 0.717) is 17.0 Å². The number of para-hydroxylation sites is 1. The molecule has 1 amide bonds. The lowest BCUT2D eigenvalue weighted by molar-refractivity contribution is 0.102. The number of nitrogens with one attached hydrogen (secondary N) is 1. The highest BCUT2D eigenvalue weighted by atomic mass is 16.3. The van der Waals surface area contributed by atoms with Crippen molar-refractivity contribution in [3.8, 4) is 11.5 Å². The molecule has 2 heterocycles. The molecule has 0 saturated heterocycles. The third-order valence-corrected chi connectivity index (χ3v) is 4.99. The van der Waals surface area contributed by atoms with E-state index < -0.39 is 0 Å². The first-order valence-electron chi connectivity index (χ1n) is 9.45. The van der Waals surface area contributed by atoms with Gasteiger partial charge in [0.15, 0.2) is 5.76 Å². The summed E-state index contributed by atoms with van der Waals surface area (Å²) in [6.07, 6.45) is 0. The number of pyridine rings is 1. The van der Waals surface area contributed by atoms with E-state index >= 15 is 0 Å². The summed E-state index contributed by atoms with van der Waals surface area (Å²) in [5.74, 6) is 1.27. The normalized spacial score (nSPS) is 11.1. The van der Waals surface area contributed by atoms with Gasteiger partial charge < -0.3 is 9.73 Å². The number of hydrogen-bond acceptors (Lipinski definition) is 3. The number of aromatic nitrogens is 1. The van der Waals surface area contributed by atoms with Crippen molar-refractivity contribution in [1.29, 1.82) is 0 Å². The zero-order valence-electron chi connectivity index (χ0n) is 15.8. The molecule has 0 radical (unpaired) electrons. The summed E-state index contributed by atoms with van der Waals surface area (Å²) >= 11 is 0. The molecule has 3 aromatic carbocycles. The minimum atomic E-state index is -0.176. The van der Waals surface area contributed by atoms with Crippen LogP contribution in [0.15, 0.2) is 89.3 Å². The Morgan fingerprint density at radius 1 is 0.862 bits per heavy atom. The van der Waals surface area contributed by atoms with Gasteiger partial charge in [-0.25, -0.2) is 4.98 Å². The molecular formula is C25H18N2O2. The number of furan rings is 1. The van der Waals surface area contributed by atoms with Crippen LogP contribution in [0.4, 0.5) is 5.69 Å². The second kappa shape index (κ2) is 6.91. The molecule has 2 aromatic heterocycles. The standard InChI is InChI=1S/C25H18N2O2/c1-16-13-14-24(29-16)23-15-20(19-10-4-5-11-22(19)26-23)25(28)27-21-12-6-8-17-7-2-3-9-18(17)21/h2-15H,1H3,(H,27,28). The number of benzene rings is 3. The Hall–Kier alpha value is -3.92. The van der Waals surface area contributed by atoms with Crippen molar-refractivity contribution in [3.05, 3.63) is 96.3 Å². The molecule has 4 nitrogen and oxygen atoms in total. The van der Waals surface area contributed by atoms with Gasteiger partial charge in [0.25, 0.3) is 5.91 Å². The van der Waals surface area contributed by atoms with Gasteiger partial charge in [-0.15, -0.1) is 0 Å². The Kier molecular flexibility index (Phi) is 4.10. The number of carbonyl (C=O) groups is 1. The lowest BCUT2D eigenvalue weighted by atomic mass is 10.0. The summed E-state index contributed by atoms with van der Waals surface area (Å²) in [5, 5.41) is 5.97. The number of nitrogens with zero attached hydrogens (tertiary/aromatic N) is 1. The van der Waals surface area contributed by atoms with Crippen LogP contribution < -0.4 is 5.32 Å². The lowest BCUT2D eigenvalue weighted by Gasteiger charge is -2.11. The van der Waals surface area contributed by atoms with Gasteiger partial charge in [-0.3, -0.25) is 4.79 Å². The minimum Gasteiger partial charge on any atom is -0.460 e. The van der Waals surface area contributed by atoms with E-state index in [9.17, 15) is 4.79 Å². The van der Waals surface area contributed by atoms with Crippen molar-refractivity contribution >= 4 is 33.3 Å². The molecule has 5 aromatic rings. The van der Waals surface area contributed by atoms with Gasteiger partial charge >= 0.3 is 0 Å². The Labute approximate surface area is 167 Å². The van der Waals surface area contributed by atoms with Crippen LogP contribution in [0.5, 0.6) is 0 Å². The van der Waals surface area contributed by atoms with Crippen LogP contribution in [-0.2, 0) is 0 Å². The van der Waals surface area contributed by atoms with E-state index in [4.69, 9.17) is 4.42 Å². The molecule has 1 N–H and O–H groups in total. The van der Waals surface area contributed by atoms with Crippen LogP contribution in [0.1, 0.15) is 16.1 Å². The second-order valence-corrected chi connectivity index (χ2v) is 6.96. The molecule has 0 aliphatic rings. The zero-order chi connectivity index (χ0) is 19.8. The molecule has 0 bridgehead atoms. The molecule has 140 valence electrons. The van der Waals surface area contributed by atoms with Gasteiger partial charge in [0.2, 0.25) is 0 Å². The molecule has 0 unspecified atom stereocenters. The van der Waals surface area contributed by atoms with Crippen molar-refractivity contribution in [2.75, 3.05) is 5.32 Å². The average molecular weight is 378 g/mol. The third kappa shape index (κ3) is 3.15. The van der Waals surface area contributed by atoms with E-state index in [1.807, 2.05) is 85.8 Å². The van der Waals surface area contributed by atoms with Gasteiger partial charge in [0.05, 0.1) is 11.1 Å². The summed E-state index contributed by atoms with van der Waals surface area (Å²) < 4.78 is 5.73. The summed E-state index contributed by atoms with van der Waals surface area (Å²) in [5.41, 5.74) is 2.74. The van der Waals surface area contributed by atoms with Gasteiger partial charge in [-0.2, -0.15) is 0 Å².